The molecule has 11 heteroatoms. The number of hydrogen-bond donors (Lipinski definition) is 1. The molecule has 4 aliphatic rings. The Balaban J connectivity index is 1.15. The first-order valence-electron chi connectivity index (χ1n) is 13.8. The van der Waals surface area contributed by atoms with Gasteiger partial charge < -0.3 is 24.8 Å². The van der Waals surface area contributed by atoms with Gasteiger partial charge in [-0.25, -0.2) is 4.98 Å². The van der Waals surface area contributed by atoms with Crippen molar-refractivity contribution >= 4 is 45.7 Å². The number of carbonyl (C=O) groups excluding carboxylic acids is 3. The third kappa shape index (κ3) is 5.31. The SMILES string of the molecule is CN1CCN(c2nc(-c3ccc(C(=O)N[C@H](C(=O)N4C[C@@H](Cl)[C@H]5OCC(=O)[C@H]54)C4CCCC4)cc3)cs2)CC1. The average Bonchev–Trinajstić information content (AvgIpc) is 3.75. The average molecular weight is 572 g/mol. The van der Waals surface area contributed by atoms with Crippen molar-refractivity contribution in [1.29, 1.82) is 0 Å². The molecule has 9 nitrogen and oxygen atoms in total. The monoisotopic (exact) mass is 571 g/mol. The molecule has 208 valence electrons. The molecule has 1 aromatic carbocycles. The Kier molecular flexibility index (Phi) is 7.63. The van der Waals surface area contributed by atoms with E-state index in [4.69, 9.17) is 21.3 Å². The number of halogens is 1. The Hall–Kier alpha value is -2.53. The normalized spacial score (nSPS) is 26.7. The van der Waals surface area contributed by atoms with Crippen LogP contribution in [0.2, 0.25) is 0 Å². The summed E-state index contributed by atoms with van der Waals surface area (Å²) in [6.07, 6.45) is 3.31. The summed E-state index contributed by atoms with van der Waals surface area (Å²) in [6.45, 7) is 4.21. The fourth-order valence-electron chi connectivity index (χ4n) is 6.23. The predicted octanol–water partition coefficient (Wildman–Crippen LogP) is 2.64. The van der Waals surface area contributed by atoms with E-state index in [9.17, 15) is 14.4 Å². The minimum Gasteiger partial charge on any atom is -0.366 e. The predicted molar refractivity (Wildman–Crippen MR) is 150 cm³/mol. The number of amides is 2. The number of anilines is 1. The van der Waals surface area contributed by atoms with Crippen molar-refractivity contribution in [3.8, 4) is 11.3 Å². The van der Waals surface area contributed by atoms with Gasteiger partial charge >= 0.3 is 0 Å². The zero-order chi connectivity index (χ0) is 27.1. The number of nitrogens with one attached hydrogen (secondary N) is 1. The van der Waals surface area contributed by atoms with E-state index in [2.05, 4.69) is 27.5 Å². The van der Waals surface area contributed by atoms with Gasteiger partial charge in [-0.05, 0) is 37.9 Å². The van der Waals surface area contributed by atoms with E-state index in [1.807, 2.05) is 12.1 Å². The Morgan fingerprint density at radius 3 is 2.56 bits per heavy atom. The summed E-state index contributed by atoms with van der Waals surface area (Å²) < 4.78 is 5.55. The summed E-state index contributed by atoms with van der Waals surface area (Å²) in [4.78, 5) is 50.6. The van der Waals surface area contributed by atoms with Gasteiger partial charge in [0.05, 0.1) is 11.1 Å². The number of nitrogens with zero attached hydrogens (tertiary/aromatic N) is 4. The lowest BCUT2D eigenvalue weighted by Gasteiger charge is -2.32. The van der Waals surface area contributed by atoms with Crippen LogP contribution in [-0.2, 0) is 14.3 Å². The molecule has 4 heterocycles. The largest absolute Gasteiger partial charge is 0.366 e. The third-order valence-electron chi connectivity index (χ3n) is 8.54. The molecule has 1 N–H and O–H groups in total. The van der Waals surface area contributed by atoms with Crippen LogP contribution in [-0.4, -0.2) is 102 Å². The highest BCUT2D eigenvalue weighted by Crippen LogP contribution is 2.34. The third-order valence-corrected chi connectivity index (χ3v) is 9.83. The van der Waals surface area contributed by atoms with E-state index in [1.54, 1.807) is 28.4 Å². The first kappa shape index (κ1) is 26.7. The molecule has 1 aromatic heterocycles. The van der Waals surface area contributed by atoms with Crippen molar-refractivity contribution in [1.82, 2.24) is 20.1 Å². The smallest absolute Gasteiger partial charge is 0.251 e. The fourth-order valence-corrected chi connectivity index (χ4v) is 7.48. The highest BCUT2D eigenvalue weighted by atomic mass is 35.5. The number of likely N-dealkylation sites (tertiary alicyclic amines) is 1. The van der Waals surface area contributed by atoms with E-state index in [1.165, 1.54) is 0 Å². The molecule has 4 atom stereocenters. The van der Waals surface area contributed by atoms with Crippen LogP contribution in [0.1, 0.15) is 36.0 Å². The van der Waals surface area contributed by atoms with Gasteiger partial charge in [0.25, 0.3) is 5.91 Å². The van der Waals surface area contributed by atoms with Gasteiger partial charge in [0, 0.05) is 49.2 Å². The lowest BCUT2D eigenvalue weighted by Crippen LogP contribution is -2.54. The number of aromatic nitrogens is 1. The number of hydrogen-bond acceptors (Lipinski definition) is 8. The molecule has 0 unspecified atom stereocenters. The van der Waals surface area contributed by atoms with Crippen LogP contribution in [0.15, 0.2) is 29.6 Å². The van der Waals surface area contributed by atoms with Crippen LogP contribution >= 0.6 is 22.9 Å². The quantitative estimate of drug-likeness (QED) is 0.533. The number of carbonyl (C=O) groups is 3. The van der Waals surface area contributed by atoms with Crippen LogP contribution in [0.4, 0.5) is 5.13 Å². The van der Waals surface area contributed by atoms with Crippen molar-refractivity contribution in [2.45, 2.75) is 49.2 Å². The van der Waals surface area contributed by atoms with Crippen LogP contribution in [0.25, 0.3) is 11.3 Å². The number of piperazine rings is 1. The molecule has 39 heavy (non-hydrogen) atoms. The summed E-state index contributed by atoms with van der Waals surface area (Å²) in [5.41, 5.74) is 2.32. The lowest BCUT2D eigenvalue weighted by molar-refractivity contribution is -0.139. The van der Waals surface area contributed by atoms with Crippen molar-refractivity contribution in [2.24, 2.45) is 5.92 Å². The Morgan fingerprint density at radius 2 is 1.85 bits per heavy atom. The molecular formula is C28H34ClN5O4S. The zero-order valence-corrected chi connectivity index (χ0v) is 23.6. The molecule has 0 radical (unpaired) electrons. The van der Waals surface area contributed by atoms with Gasteiger partial charge in [-0.15, -0.1) is 22.9 Å². The van der Waals surface area contributed by atoms with Gasteiger partial charge in [0.2, 0.25) is 5.91 Å². The topological polar surface area (TPSA) is 95.1 Å². The van der Waals surface area contributed by atoms with Crippen LogP contribution in [0.3, 0.4) is 0 Å². The highest BCUT2D eigenvalue weighted by molar-refractivity contribution is 7.14. The number of alkyl halides is 1. The summed E-state index contributed by atoms with van der Waals surface area (Å²) in [5.74, 6) is -0.617. The number of fused-ring (bicyclic) bond motifs is 1. The summed E-state index contributed by atoms with van der Waals surface area (Å²) in [5, 5.41) is 5.67. The van der Waals surface area contributed by atoms with Crippen LogP contribution in [0.5, 0.6) is 0 Å². The van der Waals surface area contributed by atoms with Crippen molar-refractivity contribution in [2.75, 3.05) is 51.3 Å². The van der Waals surface area contributed by atoms with E-state index in [0.717, 1.165) is 68.3 Å². The molecule has 3 aliphatic heterocycles. The van der Waals surface area contributed by atoms with Gasteiger partial charge in [0.1, 0.15) is 24.8 Å². The van der Waals surface area contributed by atoms with Gasteiger partial charge in [-0.1, -0.05) is 25.0 Å². The Labute approximate surface area is 237 Å². The first-order chi connectivity index (χ1) is 18.9. The molecule has 1 aliphatic carbocycles. The summed E-state index contributed by atoms with van der Waals surface area (Å²) in [7, 11) is 2.14. The molecule has 2 aromatic rings. The number of likely N-dealkylation sites (N-methyl/N-ethyl adjacent to an activating group) is 1. The number of Topliss-reactive ketones (excluding diaryl/α,β-unsaturated/α-hetero) is 1. The number of benzene rings is 1. The van der Waals surface area contributed by atoms with Crippen molar-refractivity contribution in [3.05, 3.63) is 35.2 Å². The first-order valence-corrected chi connectivity index (χ1v) is 15.1. The molecular weight excluding hydrogens is 538 g/mol. The summed E-state index contributed by atoms with van der Waals surface area (Å²) in [6, 6.07) is 6.02. The van der Waals surface area contributed by atoms with Crippen LogP contribution < -0.4 is 10.2 Å². The Morgan fingerprint density at radius 1 is 1.13 bits per heavy atom. The fraction of sp³-hybridized carbons (Fsp3) is 0.571. The van der Waals surface area contributed by atoms with Crippen LogP contribution in [0, 0.1) is 5.92 Å². The maximum Gasteiger partial charge on any atom is 0.251 e. The van der Waals surface area contributed by atoms with E-state index in [0.29, 0.717) is 5.56 Å². The lowest BCUT2D eigenvalue weighted by atomic mass is 9.95. The molecule has 6 rings (SSSR count). The number of rotatable bonds is 6. The molecule has 3 saturated heterocycles. The summed E-state index contributed by atoms with van der Waals surface area (Å²) >= 11 is 8.07. The zero-order valence-electron chi connectivity index (χ0n) is 22.1. The minimum absolute atomic E-state index is 0.0228. The second-order valence-corrected chi connectivity index (χ2v) is 12.5. The standard InChI is InChI=1S/C28H34ClN5O4S/c1-32-10-12-33(13-11-32)28-30-21(16-39-28)17-6-8-19(9-7-17)26(36)31-23(18-4-2-3-5-18)27(37)34-14-20(29)25-24(34)22(35)15-38-25/h6-9,16,18,20,23-25H,2-5,10-15H2,1H3,(H,31,36)/t20-,23+,24-,25-/m1/s1. The maximum atomic E-state index is 13.8. The highest BCUT2D eigenvalue weighted by Gasteiger charge is 2.53. The van der Waals surface area contributed by atoms with E-state index in [-0.39, 0.29) is 36.7 Å². The minimum atomic E-state index is -0.694. The number of ketones is 1. The molecule has 4 fully saturated rings. The number of thiazole rings is 1. The van der Waals surface area contributed by atoms with E-state index >= 15 is 0 Å². The van der Waals surface area contributed by atoms with Gasteiger partial charge in [-0.3, -0.25) is 14.4 Å². The molecule has 0 bridgehead atoms. The molecule has 1 saturated carbocycles. The Bertz CT molecular complexity index is 1220. The second kappa shape index (κ2) is 11.2. The maximum absolute atomic E-state index is 13.8. The second-order valence-electron chi connectivity index (χ2n) is 11.1. The van der Waals surface area contributed by atoms with Gasteiger partial charge in [0.15, 0.2) is 10.9 Å². The van der Waals surface area contributed by atoms with E-state index < -0.39 is 23.6 Å². The van der Waals surface area contributed by atoms with Crippen molar-refractivity contribution < 1.29 is 19.1 Å². The number of ether oxygens (including phenoxy) is 1. The van der Waals surface area contributed by atoms with Gasteiger partial charge in [-0.2, -0.15) is 0 Å². The van der Waals surface area contributed by atoms with Crippen molar-refractivity contribution in [3.63, 3.8) is 0 Å². The molecule has 0 spiro atoms. The molecule has 2 amide bonds.